The summed E-state index contributed by atoms with van der Waals surface area (Å²) in [5, 5.41) is 17.2. The molecular formula is C26H32N4O4S. The van der Waals surface area contributed by atoms with Gasteiger partial charge >= 0.3 is 0 Å². The molecule has 1 aliphatic heterocycles. The van der Waals surface area contributed by atoms with Crippen LogP contribution in [-0.4, -0.2) is 50.7 Å². The standard InChI is InChI=1S/C26H32N4O4S/c1-15-10-21(34-29-15)22(26(3,4)5)25(33)30-13-19(31)11-20(30)24(32)27-12-17-6-8-18(9-7-17)23-16(2)28-14-35-23/h6-10,14,19-20,22,31H,11-13H2,1-5H3,(H,27,32)/t19-,20+,22?/m1/s1. The Labute approximate surface area is 209 Å². The molecule has 0 spiro atoms. The van der Waals surface area contributed by atoms with E-state index in [-0.39, 0.29) is 24.8 Å². The van der Waals surface area contributed by atoms with Crippen molar-refractivity contribution >= 4 is 23.2 Å². The van der Waals surface area contributed by atoms with E-state index in [1.54, 1.807) is 24.3 Å². The van der Waals surface area contributed by atoms with Gasteiger partial charge in [-0.2, -0.15) is 0 Å². The summed E-state index contributed by atoms with van der Waals surface area (Å²) >= 11 is 1.60. The van der Waals surface area contributed by atoms with Crippen molar-refractivity contribution in [1.82, 2.24) is 20.4 Å². The van der Waals surface area contributed by atoms with E-state index in [0.717, 1.165) is 21.7 Å². The molecule has 1 unspecified atom stereocenters. The van der Waals surface area contributed by atoms with Gasteiger partial charge in [-0.05, 0) is 30.4 Å². The van der Waals surface area contributed by atoms with Gasteiger partial charge in [-0.25, -0.2) is 4.98 Å². The fourth-order valence-corrected chi connectivity index (χ4v) is 5.38. The van der Waals surface area contributed by atoms with Gasteiger partial charge in [-0.1, -0.05) is 50.2 Å². The normalized spacial score (nSPS) is 19.1. The lowest BCUT2D eigenvalue weighted by Crippen LogP contribution is -2.49. The third kappa shape index (κ3) is 5.46. The predicted molar refractivity (Wildman–Crippen MR) is 134 cm³/mol. The highest BCUT2D eigenvalue weighted by molar-refractivity contribution is 7.13. The quantitative estimate of drug-likeness (QED) is 0.537. The number of likely N-dealkylation sites (tertiary alicyclic amines) is 1. The molecule has 2 amide bonds. The number of aryl methyl sites for hydroxylation is 2. The summed E-state index contributed by atoms with van der Waals surface area (Å²) < 4.78 is 5.44. The molecular weight excluding hydrogens is 464 g/mol. The van der Waals surface area contributed by atoms with Crippen molar-refractivity contribution < 1.29 is 19.2 Å². The molecule has 0 radical (unpaired) electrons. The molecule has 9 heteroatoms. The van der Waals surface area contributed by atoms with Crippen LogP contribution in [0.25, 0.3) is 10.4 Å². The number of hydrogen-bond donors (Lipinski definition) is 2. The number of carbonyl (C=O) groups excluding carboxylic acids is 2. The van der Waals surface area contributed by atoms with Gasteiger partial charge in [0, 0.05) is 25.6 Å². The number of benzene rings is 1. The fourth-order valence-electron chi connectivity index (χ4n) is 4.57. The molecule has 186 valence electrons. The summed E-state index contributed by atoms with van der Waals surface area (Å²) in [4.78, 5) is 33.7. The van der Waals surface area contributed by atoms with Gasteiger partial charge in [0.15, 0.2) is 0 Å². The van der Waals surface area contributed by atoms with Crippen LogP contribution in [0.15, 0.2) is 40.4 Å². The largest absolute Gasteiger partial charge is 0.391 e. The van der Waals surface area contributed by atoms with E-state index in [1.165, 1.54) is 4.90 Å². The molecule has 0 saturated carbocycles. The van der Waals surface area contributed by atoms with E-state index in [1.807, 2.05) is 57.5 Å². The maximum absolute atomic E-state index is 13.7. The van der Waals surface area contributed by atoms with Crippen molar-refractivity contribution in [2.24, 2.45) is 5.41 Å². The first-order chi connectivity index (χ1) is 16.5. The van der Waals surface area contributed by atoms with Gasteiger partial charge in [-0.3, -0.25) is 9.59 Å². The van der Waals surface area contributed by atoms with Crippen molar-refractivity contribution in [3.05, 3.63) is 58.6 Å². The Morgan fingerprint density at radius 3 is 2.54 bits per heavy atom. The smallest absolute Gasteiger partial charge is 0.243 e. The highest BCUT2D eigenvalue weighted by atomic mass is 32.1. The highest BCUT2D eigenvalue weighted by Crippen LogP contribution is 2.38. The van der Waals surface area contributed by atoms with Crippen LogP contribution in [0.2, 0.25) is 0 Å². The Balaban J connectivity index is 1.46. The Hall–Kier alpha value is -3.04. The van der Waals surface area contributed by atoms with Gasteiger partial charge < -0.3 is 19.8 Å². The zero-order valence-corrected chi connectivity index (χ0v) is 21.6. The summed E-state index contributed by atoms with van der Waals surface area (Å²) in [6, 6.07) is 9.00. The van der Waals surface area contributed by atoms with Gasteiger partial charge in [0.1, 0.15) is 17.7 Å². The average Bonchev–Trinajstić information content (AvgIpc) is 3.51. The van der Waals surface area contributed by atoms with Crippen LogP contribution in [0.1, 0.15) is 55.8 Å². The number of nitrogens with zero attached hydrogens (tertiary/aromatic N) is 3. The minimum atomic E-state index is -0.756. The minimum absolute atomic E-state index is 0.111. The Kier molecular flexibility index (Phi) is 7.10. The molecule has 3 aromatic rings. The van der Waals surface area contributed by atoms with Gasteiger partial charge in [0.25, 0.3) is 0 Å². The number of β-amino-alcohol motifs (C(OH)–C–C–N with tert-alkyl or cyclic N) is 1. The lowest BCUT2D eigenvalue weighted by atomic mass is 9.78. The van der Waals surface area contributed by atoms with Crippen molar-refractivity contribution in [3.63, 3.8) is 0 Å². The SMILES string of the molecule is Cc1cc(C(C(=O)N2C[C@H](O)C[C@H]2C(=O)NCc2ccc(-c3scnc3C)cc2)C(C)(C)C)on1. The van der Waals surface area contributed by atoms with Crippen molar-refractivity contribution in [2.45, 2.75) is 65.6 Å². The van der Waals surface area contributed by atoms with Crippen molar-refractivity contribution in [3.8, 4) is 10.4 Å². The summed E-state index contributed by atoms with van der Waals surface area (Å²) in [5.74, 6) is -0.669. The first kappa shape index (κ1) is 25.1. The second kappa shape index (κ2) is 9.91. The molecule has 4 rings (SSSR count). The van der Waals surface area contributed by atoms with Gasteiger partial charge in [-0.15, -0.1) is 11.3 Å². The van der Waals surface area contributed by atoms with Crippen LogP contribution >= 0.6 is 11.3 Å². The van der Waals surface area contributed by atoms with E-state index in [2.05, 4.69) is 15.5 Å². The molecule has 3 heterocycles. The average molecular weight is 497 g/mol. The van der Waals surface area contributed by atoms with Gasteiger partial charge in [0.05, 0.1) is 27.9 Å². The Morgan fingerprint density at radius 1 is 1.26 bits per heavy atom. The van der Waals surface area contributed by atoms with E-state index >= 15 is 0 Å². The summed E-state index contributed by atoms with van der Waals surface area (Å²) in [6.07, 6.45) is -0.554. The fraction of sp³-hybridized carbons (Fsp3) is 0.462. The lowest BCUT2D eigenvalue weighted by Gasteiger charge is -2.33. The second-order valence-corrected chi connectivity index (χ2v) is 11.1. The van der Waals surface area contributed by atoms with Crippen LogP contribution in [0.5, 0.6) is 0 Å². The minimum Gasteiger partial charge on any atom is -0.391 e. The molecule has 0 aliphatic carbocycles. The molecule has 2 aromatic heterocycles. The number of hydrogen-bond acceptors (Lipinski definition) is 7. The van der Waals surface area contributed by atoms with Crippen LogP contribution in [0, 0.1) is 19.3 Å². The Morgan fingerprint density at radius 2 is 1.97 bits per heavy atom. The molecule has 1 fully saturated rings. The zero-order valence-electron chi connectivity index (χ0n) is 20.7. The number of aliphatic hydroxyl groups is 1. The van der Waals surface area contributed by atoms with Crippen LogP contribution < -0.4 is 5.32 Å². The number of amides is 2. The molecule has 8 nitrogen and oxygen atoms in total. The van der Waals surface area contributed by atoms with Crippen molar-refractivity contribution in [2.75, 3.05) is 6.54 Å². The molecule has 0 bridgehead atoms. The molecule has 3 atom stereocenters. The summed E-state index contributed by atoms with van der Waals surface area (Å²) in [7, 11) is 0. The monoisotopic (exact) mass is 496 g/mol. The topological polar surface area (TPSA) is 109 Å². The first-order valence-corrected chi connectivity index (χ1v) is 12.6. The van der Waals surface area contributed by atoms with E-state index in [9.17, 15) is 14.7 Å². The van der Waals surface area contributed by atoms with E-state index in [0.29, 0.717) is 18.0 Å². The molecule has 1 saturated heterocycles. The van der Waals surface area contributed by atoms with Crippen LogP contribution in [0.3, 0.4) is 0 Å². The second-order valence-electron chi connectivity index (χ2n) is 10.2. The van der Waals surface area contributed by atoms with Gasteiger partial charge in [0.2, 0.25) is 11.8 Å². The number of aromatic nitrogens is 2. The third-order valence-corrected chi connectivity index (χ3v) is 7.31. The van der Waals surface area contributed by atoms with Crippen LogP contribution in [-0.2, 0) is 16.1 Å². The number of rotatable bonds is 6. The Bertz CT molecular complexity index is 1190. The predicted octanol–water partition coefficient (Wildman–Crippen LogP) is 3.82. The summed E-state index contributed by atoms with van der Waals surface area (Å²) in [6.45, 7) is 10.1. The molecule has 1 aromatic carbocycles. The number of aliphatic hydroxyl groups excluding tert-OH is 1. The number of carbonyl (C=O) groups is 2. The third-order valence-electron chi connectivity index (χ3n) is 6.34. The number of thiazole rings is 1. The summed E-state index contributed by atoms with van der Waals surface area (Å²) in [5.41, 5.74) is 5.09. The molecule has 35 heavy (non-hydrogen) atoms. The van der Waals surface area contributed by atoms with Crippen molar-refractivity contribution in [1.29, 1.82) is 0 Å². The molecule has 1 aliphatic rings. The number of nitrogens with one attached hydrogen (secondary N) is 1. The van der Waals surface area contributed by atoms with E-state index in [4.69, 9.17) is 4.52 Å². The maximum Gasteiger partial charge on any atom is 0.243 e. The molecule has 2 N–H and O–H groups in total. The first-order valence-electron chi connectivity index (χ1n) is 11.7. The highest BCUT2D eigenvalue weighted by Gasteiger charge is 2.45. The van der Waals surface area contributed by atoms with Crippen LogP contribution in [0.4, 0.5) is 0 Å². The zero-order chi connectivity index (χ0) is 25.3. The lowest BCUT2D eigenvalue weighted by molar-refractivity contribution is -0.142. The van der Waals surface area contributed by atoms with E-state index < -0.39 is 23.5 Å². The maximum atomic E-state index is 13.7.